The van der Waals surface area contributed by atoms with Gasteiger partial charge in [-0.1, -0.05) is 0 Å². The summed E-state index contributed by atoms with van der Waals surface area (Å²) in [6.45, 7) is 2.62. The number of rotatable bonds is 3. The molecule has 0 saturated carbocycles. The zero-order valence-electron chi connectivity index (χ0n) is 7.21. The number of piperidine rings is 1. The largest absolute Gasteiger partial charge is 0.450 e. The molecule has 1 aliphatic heterocycles. The van der Waals surface area contributed by atoms with Gasteiger partial charge in [0.15, 0.2) is 0 Å². The molecule has 1 saturated heterocycles. The van der Waals surface area contributed by atoms with Gasteiger partial charge >= 0.3 is 6.09 Å². The van der Waals surface area contributed by atoms with Crippen LogP contribution < -0.4 is 11.1 Å². The number of hydrogen-bond acceptors (Lipinski definition) is 3. The first-order valence-electron chi connectivity index (χ1n) is 4.42. The van der Waals surface area contributed by atoms with Gasteiger partial charge in [-0.05, 0) is 38.3 Å². The third kappa shape index (κ3) is 3.57. The lowest BCUT2D eigenvalue weighted by Gasteiger charge is -2.22. The van der Waals surface area contributed by atoms with Crippen LogP contribution >= 0.6 is 0 Å². The zero-order valence-corrected chi connectivity index (χ0v) is 7.21. The van der Waals surface area contributed by atoms with Gasteiger partial charge in [-0.3, -0.25) is 0 Å². The van der Waals surface area contributed by atoms with E-state index in [0.717, 1.165) is 19.5 Å². The van der Waals surface area contributed by atoms with Crippen molar-refractivity contribution in [3.63, 3.8) is 0 Å². The van der Waals surface area contributed by atoms with Crippen molar-refractivity contribution in [2.24, 2.45) is 11.7 Å². The van der Waals surface area contributed by atoms with Crippen LogP contribution in [-0.2, 0) is 4.74 Å². The Bertz CT molecular complexity index is 144. The number of carbonyl (C=O) groups excluding carboxylic acids is 1. The summed E-state index contributed by atoms with van der Waals surface area (Å²) < 4.78 is 4.66. The van der Waals surface area contributed by atoms with Gasteiger partial charge in [-0.2, -0.15) is 0 Å². The van der Waals surface area contributed by atoms with Crippen molar-refractivity contribution < 1.29 is 9.53 Å². The Morgan fingerprint density at radius 2 is 2.50 bits per heavy atom. The van der Waals surface area contributed by atoms with Crippen LogP contribution in [0.4, 0.5) is 4.79 Å². The smallest absolute Gasteiger partial charge is 0.404 e. The summed E-state index contributed by atoms with van der Waals surface area (Å²) >= 11 is 0. The molecular formula is C8H16N2O2. The molecule has 0 aliphatic carbocycles. The average Bonchev–Trinajstić information content (AvgIpc) is 2.05. The standard InChI is InChI=1S/C8H16N2O2/c9-8(11)12-5-3-7-2-1-4-10-6-7/h7,10H,1-6H2,(H2,9,11). The van der Waals surface area contributed by atoms with E-state index >= 15 is 0 Å². The second-order valence-electron chi connectivity index (χ2n) is 3.17. The van der Waals surface area contributed by atoms with Crippen LogP contribution in [0.1, 0.15) is 19.3 Å². The highest BCUT2D eigenvalue weighted by Gasteiger charge is 2.12. The van der Waals surface area contributed by atoms with Crippen molar-refractivity contribution in [1.29, 1.82) is 0 Å². The normalized spacial score (nSPS) is 23.5. The summed E-state index contributed by atoms with van der Waals surface area (Å²) in [7, 11) is 0. The Labute approximate surface area is 72.5 Å². The lowest BCUT2D eigenvalue weighted by Crippen LogP contribution is -2.30. The summed E-state index contributed by atoms with van der Waals surface area (Å²) in [5.74, 6) is 0.651. The van der Waals surface area contributed by atoms with E-state index in [-0.39, 0.29) is 0 Å². The Morgan fingerprint density at radius 1 is 1.67 bits per heavy atom. The monoisotopic (exact) mass is 172 g/mol. The summed E-state index contributed by atoms with van der Waals surface area (Å²) in [6.07, 6.45) is 2.71. The van der Waals surface area contributed by atoms with Gasteiger partial charge in [0.2, 0.25) is 0 Å². The first kappa shape index (κ1) is 9.32. The van der Waals surface area contributed by atoms with Crippen molar-refractivity contribution in [2.75, 3.05) is 19.7 Å². The Morgan fingerprint density at radius 3 is 3.08 bits per heavy atom. The van der Waals surface area contributed by atoms with Crippen LogP contribution in [0.15, 0.2) is 0 Å². The maximum Gasteiger partial charge on any atom is 0.404 e. The first-order valence-corrected chi connectivity index (χ1v) is 4.42. The molecule has 3 N–H and O–H groups in total. The Hall–Kier alpha value is -0.770. The molecule has 0 aromatic carbocycles. The van der Waals surface area contributed by atoms with E-state index in [1.54, 1.807) is 0 Å². The molecule has 0 bridgehead atoms. The summed E-state index contributed by atoms with van der Waals surface area (Å²) in [4.78, 5) is 10.2. The maximum atomic E-state index is 10.2. The van der Waals surface area contributed by atoms with E-state index in [9.17, 15) is 4.79 Å². The molecule has 1 atom stereocenters. The molecule has 1 fully saturated rings. The molecule has 0 aromatic heterocycles. The number of ether oxygens (including phenoxy) is 1. The number of carbonyl (C=O) groups is 1. The van der Waals surface area contributed by atoms with E-state index in [4.69, 9.17) is 5.73 Å². The quantitative estimate of drug-likeness (QED) is 0.650. The fraction of sp³-hybridized carbons (Fsp3) is 0.875. The van der Waals surface area contributed by atoms with Gasteiger partial charge in [0.05, 0.1) is 6.61 Å². The molecule has 70 valence electrons. The summed E-state index contributed by atoms with van der Waals surface area (Å²) in [6, 6.07) is 0. The minimum Gasteiger partial charge on any atom is -0.450 e. The van der Waals surface area contributed by atoms with Gasteiger partial charge in [-0.25, -0.2) is 4.79 Å². The van der Waals surface area contributed by atoms with Crippen LogP contribution in [0.5, 0.6) is 0 Å². The molecule has 0 spiro atoms. The van der Waals surface area contributed by atoms with Gasteiger partial charge < -0.3 is 15.8 Å². The van der Waals surface area contributed by atoms with Crippen molar-refractivity contribution in [3.8, 4) is 0 Å². The van der Waals surface area contributed by atoms with Crippen molar-refractivity contribution in [2.45, 2.75) is 19.3 Å². The lowest BCUT2D eigenvalue weighted by molar-refractivity contribution is 0.145. The van der Waals surface area contributed by atoms with E-state index in [0.29, 0.717) is 12.5 Å². The predicted octanol–water partition coefficient (Wildman–Crippen LogP) is 0.471. The Kier molecular flexibility index (Phi) is 3.87. The molecule has 1 amide bonds. The number of nitrogens with one attached hydrogen (secondary N) is 1. The lowest BCUT2D eigenvalue weighted by atomic mass is 9.97. The molecule has 1 rings (SSSR count). The second-order valence-corrected chi connectivity index (χ2v) is 3.17. The molecule has 0 aromatic rings. The molecule has 12 heavy (non-hydrogen) atoms. The van der Waals surface area contributed by atoms with E-state index < -0.39 is 6.09 Å². The number of amides is 1. The molecule has 1 aliphatic rings. The highest BCUT2D eigenvalue weighted by atomic mass is 16.5. The average molecular weight is 172 g/mol. The SMILES string of the molecule is NC(=O)OCCC1CCCNC1. The second kappa shape index (κ2) is 4.98. The third-order valence-corrected chi connectivity index (χ3v) is 2.17. The summed E-state index contributed by atoms with van der Waals surface area (Å²) in [5, 5.41) is 3.30. The fourth-order valence-corrected chi connectivity index (χ4v) is 1.50. The molecule has 4 nitrogen and oxygen atoms in total. The maximum absolute atomic E-state index is 10.2. The van der Waals surface area contributed by atoms with Gasteiger partial charge in [0.1, 0.15) is 0 Å². The minimum absolute atomic E-state index is 0.460. The van der Waals surface area contributed by atoms with Gasteiger partial charge in [0, 0.05) is 0 Å². The number of nitrogens with two attached hydrogens (primary N) is 1. The molecular weight excluding hydrogens is 156 g/mol. The number of primary amides is 1. The third-order valence-electron chi connectivity index (χ3n) is 2.17. The van der Waals surface area contributed by atoms with Crippen LogP contribution in [-0.4, -0.2) is 25.8 Å². The molecule has 4 heteroatoms. The van der Waals surface area contributed by atoms with E-state index in [1.807, 2.05) is 0 Å². The minimum atomic E-state index is -0.668. The molecule has 0 radical (unpaired) electrons. The van der Waals surface area contributed by atoms with Crippen LogP contribution in [0.3, 0.4) is 0 Å². The van der Waals surface area contributed by atoms with E-state index in [1.165, 1.54) is 12.8 Å². The van der Waals surface area contributed by atoms with Crippen molar-refractivity contribution in [3.05, 3.63) is 0 Å². The summed E-state index contributed by atoms with van der Waals surface area (Å²) in [5.41, 5.74) is 4.83. The topological polar surface area (TPSA) is 64.4 Å². The van der Waals surface area contributed by atoms with Gasteiger partial charge in [0.25, 0.3) is 0 Å². The highest BCUT2D eigenvalue weighted by molar-refractivity contribution is 5.64. The van der Waals surface area contributed by atoms with Gasteiger partial charge in [-0.15, -0.1) is 0 Å². The van der Waals surface area contributed by atoms with Crippen molar-refractivity contribution >= 4 is 6.09 Å². The molecule has 1 unspecified atom stereocenters. The molecule has 1 heterocycles. The highest BCUT2D eigenvalue weighted by Crippen LogP contribution is 2.13. The number of hydrogen-bond donors (Lipinski definition) is 2. The predicted molar refractivity (Wildman–Crippen MR) is 45.7 cm³/mol. The van der Waals surface area contributed by atoms with Crippen LogP contribution in [0.2, 0.25) is 0 Å². The first-order chi connectivity index (χ1) is 5.79. The zero-order chi connectivity index (χ0) is 8.81. The fourth-order valence-electron chi connectivity index (χ4n) is 1.50. The van der Waals surface area contributed by atoms with Crippen LogP contribution in [0.25, 0.3) is 0 Å². The van der Waals surface area contributed by atoms with E-state index in [2.05, 4.69) is 10.1 Å². The van der Waals surface area contributed by atoms with Crippen LogP contribution in [0, 0.1) is 5.92 Å². The Balaban J connectivity index is 2.01. The van der Waals surface area contributed by atoms with Crippen molar-refractivity contribution in [1.82, 2.24) is 5.32 Å².